The van der Waals surface area contributed by atoms with Crippen LogP contribution >= 0.6 is 0 Å². The molecule has 1 aromatic rings. The van der Waals surface area contributed by atoms with Gasteiger partial charge in [0.25, 0.3) is 0 Å². The van der Waals surface area contributed by atoms with Gasteiger partial charge in [0, 0.05) is 17.6 Å². The molecule has 1 aliphatic carbocycles. The Labute approximate surface area is 157 Å². The zero-order chi connectivity index (χ0) is 18.5. The number of methoxy groups -OCH3 is 2. The van der Waals surface area contributed by atoms with Crippen LogP contribution in [0.4, 0.5) is 0 Å². The average Bonchev–Trinajstić information content (AvgIpc) is 3.10. The lowest BCUT2D eigenvalue weighted by molar-refractivity contribution is -0.123. The summed E-state index contributed by atoms with van der Waals surface area (Å²) < 4.78 is 11.0. The van der Waals surface area contributed by atoms with Crippen molar-refractivity contribution in [2.75, 3.05) is 27.3 Å². The van der Waals surface area contributed by atoms with Crippen molar-refractivity contribution < 1.29 is 14.3 Å². The first-order valence-corrected chi connectivity index (χ1v) is 9.87. The number of hydrogen-bond acceptors (Lipinski definition) is 4. The van der Waals surface area contributed by atoms with Crippen LogP contribution in [-0.4, -0.2) is 44.2 Å². The molecule has 1 amide bonds. The highest BCUT2D eigenvalue weighted by Gasteiger charge is 2.31. The Hall–Kier alpha value is -1.75. The normalized spacial score (nSPS) is 26.5. The molecule has 144 valence electrons. The molecule has 1 aromatic carbocycles. The van der Waals surface area contributed by atoms with Crippen LogP contribution in [0.2, 0.25) is 0 Å². The van der Waals surface area contributed by atoms with Gasteiger partial charge in [-0.3, -0.25) is 9.69 Å². The summed E-state index contributed by atoms with van der Waals surface area (Å²) in [6.45, 7) is 3.65. The molecule has 0 bridgehead atoms. The van der Waals surface area contributed by atoms with Gasteiger partial charge >= 0.3 is 0 Å². The van der Waals surface area contributed by atoms with Crippen LogP contribution in [0.1, 0.15) is 57.1 Å². The van der Waals surface area contributed by atoms with Gasteiger partial charge in [0.05, 0.1) is 20.8 Å². The van der Waals surface area contributed by atoms with E-state index in [1.54, 1.807) is 14.2 Å². The first-order valence-electron chi connectivity index (χ1n) is 9.87. The molecule has 0 aromatic heterocycles. The van der Waals surface area contributed by atoms with Gasteiger partial charge < -0.3 is 14.8 Å². The SMILES string of the molecule is COc1ccc(OC)c([C@H]2CCCN2CC(=O)N[C@@H]2CCCC[C@H]2C)c1. The molecule has 0 unspecified atom stereocenters. The van der Waals surface area contributed by atoms with E-state index < -0.39 is 0 Å². The minimum absolute atomic E-state index is 0.150. The van der Waals surface area contributed by atoms with E-state index in [0.717, 1.165) is 42.9 Å². The number of carbonyl (C=O) groups is 1. The Morgan fingerprint density at radius 3 is 2.69 bits per heavy atom. The second-order valence-corrected chi connectivity index (χ2v) is 7.67. The summed E-state index contributed by atoms with van der Waals surface area (Å²) in [6, 6.07) is 6.45. The number of amides is 1. The number of likely N-dealkylation sites (tertiary alicyclic amines) is 1. The third-order valence-electron chi connectivity index (χ3n) is 5.96. The van der Waals surface area contributed by atoms with Crippen molar-refractivity contribution in [1.29, 1.82) is 0 Å². The summed E-state index contributed by atoms with van der Waals surface area (Å²) in [5, 5.41) is 3.28. The summed E-state index contributed by atoms with van der Waals surface area (Å²) in [4.78, 5) is 14.9. The van der Waals surface area contributed by atoms with E-state index in [0.29, 0.717) is 18.5 Å². The molecule has 2 fully saturated rings. The Morgan fingerprint density at radius 1 is 1.15 bits per heavy atom. The molecule has 26 heavy (non-hydrogen) atoms. The van der Waals surface area contributed by atoms with Gasteiger partial charge in [-0.2, -0.15) is 0 Å². The molecule has 1 N–H and O–H groups in total. The molecule has 1 aliphatic heterocycles. The summed E-state index contributed by atoms with van der Waals surface area (Å²) in [5.74, 6) is 2.43. The van der Waals surface area contributed by atoms with Crippen molar-refractivity contribution in [3.63, 3.8) is 0 Å². The van der Waals surface area contributed by atoms with Crippen molar-refractivity contribution >= 4 is 5.91 Å². The first-order chi connectivity index (χ1) is 12.6. The molecule has 0 radical (unpaired) electrons. The molecule has 3 atom stereocenters. The molecule has 0 spiro atoms. The third-order valence-corrected chi connectivity index (χ3v) is 5.96. The van der Waals surface area contributed by atoms with Gasteiger partial charge in [-0.05, 0) is 56.3 Å². The molecule has 2 aliphatic rings. The van der Waals surface area contributed by atoms with Crippen molar-refractivity contribution in [3.05, 3.63) is 23.8 Å². The van der Waals surface area contributed by atoms with Gasteiger partial charge in [-0.25, -0.2) is 0 Å². The van der Waals surface area contributed by atoms with Crippen molar-refractivity contribution in [2.45, 2.75) is 57.5 Å². The molecule has 1 heterocycles. The summed E-state index contributed by atoms with van der Waals surface area (Å²) in [6.07, 6.45) is 6.98. The van der Waals surface area contributed by atoms with Crippen molar-refractivity contribution in [3.8, 4) is 11.5 Å². The molecular formula is C21H32N2O3. The summed E-state index contributed by atoms with van der Waals surface area (Å²) in [5.41, 5.74) is 1.11. The van der Waals surface area contributed by atoms with Crippen LogP contribution in [0, 0.1) is 5.92 Å². The van der Waals surface area contributed by atoms with Crippen LogP contribution in [-0.2, 0) is 4.79 Å². The van der Waals surface area contributed by atoms with E-state index in [9.17, 15) is 4.79 Å². The smallest absolute Gasteiger partial charge is 0.234 e. The van der Waals surface area contributed by atoms with Gasteiger partial charge in [-0.1, -0.05) is 19.8 Å². The maximum absolute atomic E-state index is 12.7. The number of benzene rings is 1. The third kappa shape index (κ3) is 4.32. The van der Waals surface area contributed by atoms with E-state index in [-0.39, 0.29) is 11.9 Å². The Kier molecular flexibility index (Phi) is 6.41. The van der Waals surface area contributed by atoms with Gasteiger partial charge in [0.15, 0.2) is 0 Å². The summed E-state index contributed by atoms with van der Waals surface area (Å²) in [7, 11) is 3.37. The first kappa shape index (κ1) is 19.0. The fourth-order valence-electron chi connectivity index (χ4n) is 4.43. The van der Waals surface area contributed by atoms with Crippen molar-refractivity contribution in [2.24, 2.45) is 5.92 Å². The number of carbonyl (C=O) groups excluding carboxylic acids is 1. The van der Waals surface area contributed by atoms with Crippen LogP contribution in [0.25, 0.3) is 0 Å². The number of rotatable bonds is 6. The zero-order valence-electron chi connectivity index (χ0n) is 16.3. The lowest BCUT2D eigenvalue weighted by atomic mass is 9.86. The molecule has 1 saturated carbocycles. The highest BCUT2D eigenvalue weighted by molar-refractivity contribution is 5.78. The Morgan fingerprint density at radius 2 is 1.96 bits per heavy atom. The predicted octanol–water partition coefficient (Wildman–Crippen LogP) is 3.54. The highest BCUT2D eigenvalue weighted by Crippen LogP contribution is 2.38. The maximum atomic E-state index is 12.7. The lowest BCUT2D eigenvalue weighted by Crippen LogP contribution is -2.45. The van der Waals surface area contributed by atoms with E-state index in [4.69, 9.17) is 9.47 Å². The molecule has 3 rings (SSSR count). The zero-order valence-corrected chi connectivity index (χ0v) is 16.3. The fraction of sp³-hybridized carbons (Fsp3) is 0.667. The average molecular weight is 360 g/mol. The van der Waals surface area contributed by atoms with Crippen LogP contribution in [0.5, 0.6) is 11.5 Å². The van der Waals surface area contributed by atoms with Crippen LogP contribution in [0.3, 0.4) is 0 Å². The fourth-order valence-corrected chi connectivity index (χ4v) is 4.43. The quantitative estimate of drug-likeness (QED) is 0.843. The summed E-state index contributed by atoms with van der Waals surface area (Å²) >= 11 is 0. The number of nitrogens with zero attached hydrogens (tertiary/aromatic N) is 1. The number of hydrogen-bond donors (Lipinski definition) is 1. The topological polar surface area (TPSA) is 50.8 Å². The standard InChI is InChI=1S/C21H32N2O3/c1-15-7-4-5-8-18(15)22-21(24)14-23-12-6-9-19(23)17-13-16(25-2)10-11-20(17)26-3/h10-11,13,15,18-19H,4-9,12,14H2,1-3H3,(H,22,24)/t15-,18-,19-/m1/s1. The predicted molar refractivity (Wildman–Crippen MR) is 103 cm³/mol. The maximum Gasteiger partial charge on any atom is 0.234 e. The minimum atomic E-state index is 0.150. The van der Waals surface area contributed by atoms with E-state index in [2.05, 4.69) is 17.1 Å². The monoisotopic (exact) mass is 360 g/mol. The molecular weight excluding hydrogens is 328 g/mol. The number of ether oxygens (including phenoxy) is 2. The van der Waals surface area contributed by atoms with Crippen LogP contribution < -0.4 is 14.8 Å². The molecule has 5 heteroatoms. The largest absolute Gasteiger partial charge is 0.497 e. The van der Waals surface area contributed by atoms with Crippen LogP contribution in [0.15, 0.2) is 18.2 Å². The highest BCUT2D eigenvalue weighted by atomic mass is 16.5. The number of nitrogens with one attached hydrogen (secondary N) is 1. The van der Waals surface area contributed by atoms with Gasteiger partial charge in [0.1, 0.15) is 11.5 Å². The van der Waals surface area contributed by atoms with Crippen molar-refractivity contribution in [1.82, 2.24) is 10.2 Å². The van der Waals surface area contributed by atoms with Gasteiger partial charge in [-0.15, -0.1) is 0 Å². The Balaban J connectivity index is 1.67. The lowest BCUT2D eigenvalue weighted by Gasteiger charge is -2.31. The minimum Gasteiger partial charge on any atom is -0.497 e. The Bertz CT molecular complexity index is 619. The van der Waals surface area contributed by atoms with Gasteiger partial charge in [0.2, 0.25) is 5.91 Å². The second-order valence-electron chi connectivity index (χ2n) is 7.67. The molecule has 5 nitrogen and oxygen atoms in total. The van der Waals surface area contributed by atoms with E-state index in [1.807, 2.05) is 18.2 Å². The van der Waals surface area contributed by atoms with E-state index >= 15 is 0 Å². The van der Waals surface area contributed by atoms with E-state index in [1.165, 1.54) is 19.3 Å². The molecule has 1 saturated heterocycles. The second kappa shape index (κ2) is 8.76.